The maximum Gasteiger partial charge on any atom is 0.213 e. The van der Waals surface area contributed by atoms with Crippen molar-refractivity contribution < 1.29 is 4.79 Å². The maximum atomic E-state index is 12.5. The number of nitriles is 3. The molecule has 1 aromatic heterocycles. The van der Waals surface area contributed by atoms with Gasteiger partial charge in [0.25, 0.3) is 0 Å². The molecule has 0 saturated heterocycles. The average molecular weight is 299 g/mol. The van der Waals surface area contributed by atoms with Gasteiger partial charge in [0.2, 0.25) is 5.78 Å². The summed E-state index contributed by atoms with van der Waals surface area (Å²) in [4.78, 5) is 16.5. The van der Waals surface area contributed by atoms with E-state index < -0.39 is 0 Å². The number of rotatable bonds is 4. The Balaban J connectivity index is 2.46. The van der Waals surface area contributed by atoms with Crippen molar-refractivity contribution in [3.05, 3.63) is 71.2 Å². The van der Waals surface area contributed by atoms with E-state index in [0.29, 0.717) is 5.69 Å². The van der Waals surface area contributed by atoms with Crippen LogP contribution in [0, 0.1) is 34.0 Å². The van der Waals surface area contributed by atoms with Gasteiger partial charge in [0.15, 0.2) is 5.57 Å². The molecule has 0 aliphatic rings. The number of ketones is 1. The van der Waals surface area contributed by atoms with Crippen molar-refractivity contribution >= 4 is 11.5 Å². The number of allylic oxidation sites excluding steroid dienone is 2. The van der Waals surface area contributed by atoms with Crippen LogP contribution in [0.2, 0.25) is 0 Å². The summed E-state index contributed by atoms with van der Waals surface area (Å²) in [5, 5.41) is 29.5. The van der Waals surface area contributed by atoms with Crippen molar-refractivity contribution in [3.8, 4) is 18.2 Å². The Morgan fingerprint density at radius 3 is 2.26 bits per heavy atom. The molecule has 1 heterocycles. The van der Waals surface area contributed by atoms with Crippen LogP contribution in [0.15, 0.2) is 59.9 Å². The summed E-state index contributed by atoms with van der Waals surface area (Å²) in [6.07, 6.45) is 1.51. The van der Waals surface area contributed by atoms with E-state index in [-0.39, 0.29) is 28.3 Å². The first-order valence-corrected chi connectivity index (χ1v) is 6.47. The van der Waals surface area contributed by atoms with Crippen molar-refractivity contribution in [2.75, 3.05) is 5.32 Å². The van der Waals surface area contributed by atoms with Crippen LogP contribution in [0.4, 0.5) is 5.69 Å². The van der Waals surface area contributed by atoms with Gasteiger partial charge >= 0.3 is 0 Å². The minimum Gasteiger partial charge on any atom is -0.345 e. The molecule has 2 rings (SSSR count). The molecule has 0 atom stereocenters. The van der Waals surface area contributed by atoms with E-state index in [0.717, 1.165) is 0 Å². The van der Waals surface area contributed by atoms with Gasteiger partial charge in [-0.25, -0.2) is 0 Å². The summed E-state index contributed by atoms with van der Waals surface area (Å²) in [6, 6.07) is 16.5. The summed E-state index contributed by atoms with van der Waals surface area (Å²) in [5.41, 5.74) is 0.297. The molecule has 1 aromatic carbocycles. The number of para-hydroxylation sites is 1. The second kappa shape index (κ2) is 7.17. The zero-order valence-corrected chi connectivity index (χ0v) is 11.8. The molecule has 108 valence electrons. The lowest BCUT2D eigenvalue weighted by atomic mass is 10.0. The molecule has 0 aliphatic heterocycles. The van der Waals surface area contributed by atoms with Crippen molar-refractivity contribution in [3.63, 3.8) is 0 Å². The van der Waals surface area contributed by atoms with Gasteiger partial charge in [-0.15, -0.1) is 0 Å². The first-order chi connectivity index (χ1) is 11.2. The first kappa shape index (κ1) is 15.4. The quantitative estimate of drug-likeness (QED) is 0.685. The molecule has 0 saturated carbocycles. The maximum absolute atomic E-state index is 12.5. The fourth-order valence-electron chi connectivity index (χ4n) is 1.84. The molecule has 0 aliphatic carbocycles. The number of carbonyl (C=O) groups is 1. The zero-order valence-electron chi connectivity index (χ0n) is 11.8. The molecule has 0 bridgehead atoms. The molecule has 0 radical (unpaired) electrons. The van der Waals surface area contributed by atoms with E-state index in [4.69, 9.17) is 15.8 Å². The minimum absolute atomic E-state index is 0.212. The largest absolute Gasteiger partial charge is 0.345 e. The van der Waals surface area contributed by atoms with Gasteiger partial charge in [-0.05, 0) is 24.3 Å². The Bertz CT molecular complexity index is 879. The van der Waals surface area contributed by atoms with Gasteiger partial charge in [0.05, 0.1) is 5.69 Å². The number of aromatic nitrogens is 1. The molecular formula is C17H9N5O. The Labute approximate surface area is 132 Å². The zero-order chi connectivity index (χ0) is 16.7. The third-order valence-electron chi connectivity index (χ3n) is 2.91. The van der Waals surface area contributed by atoms with Gasteiger partial charge in [-0.2, -0.15) is 15.8 Å². The van der Waals surface area contributed by atoms with E-state index >= 15 is 0 Å². The number of hydrogen-bond acceptors (Lipinski definition) is 6. The molecule has 0 amide bonds. The minimum atomic E-state index is -0.354. The molecule has 0 fully saturated rings. The van der Waals surface area contributed by atoms with E-state index in [1.54, 1.807) is 60.7 Å². The van der Waals surface area contributed by atoms with Crippen LogP contribution in [0.25, 0.3) is 0 Å². The lowest BCUT2D eigenvalue weighted by Gasteiger charge is -2.10. The van der Waals surface area contributed by atoms with Crippen molar-refractivity contribution in [2.24, 2.45) is 0 Å². The lowest BCUT2D eigenvalue weighted by molar-refractivity contribution is 0.103. The number of hydrogen-bond donors (Lipinski definition) is 1. The summed E-state index contributed by atoms with van der Waals surface area (Å²) >= 11 is 0. The highest BCUT2D eigenvalue weighted by Gasteiger charge is 2.16. The fourth-order valence-corrected chi connectivity index (χ4v) is 1.84. The number of nitrogens with zero attached hydrogens (tertiary/aromatic N) is 4. The Morgan fingerprint density at radius 2 is 1.65 bits per heavy atom. The van der Waals surface area contributed by atoms with E-state index in [1.807, 2.05) is 0 Å². The highest BCUT2D eigenvalue weighted by Crippen LogP contribution is 2.20. The number of pyridine rings is 1. The van der Waals surface area contributed by atoms with Gasteiger partial charge in [-0.3, -0.25) is 9.78 Å². The van der Waals surface area contributed by atoms with Crippen LogP contribution in [0.3, 0.4) is 0 Å². The first-order valence-electron chi connectivity index (χ1n) is 6.47. The van der Waals surface area contributed by atoms with E-state index in [1.165, 1.54) is 6.20 Å². The van der Waals surface area contributed by atoms with Crippen LogP contribution >= 0.6 is 0 Å². The SMILES string of the molecule is N#CC(C#N)=C(C#N)Nc1ccccc1C(=O)c1ccccn1. The summed E-state index contributed by atoms with van der Waals surface area (Å²) in [7, 11) is 0. The molecule has 6 nitrogen and oxygen atoms in total. The van der Waals surface area contributed by atoms with Crippen molar-refractivity contribution in [2.45, 2.75) is 0 Å². The number of nitrogens with one attached hydrogen (secondary N) is 1. The molecule has 0 spiro atoms. The monoisotopic (exact) mass is 299 g/mol. The molecule has 23 heavy (non-hydrogen) atoms. The Morgan fingerprint density at radius 1 is 0.957 bits per heavy atom. The summed E-state index contributed by atoms with van der Waals surface area (Å²) in [5.74, 6) is -0.332. The Kier molecular flexibility index (Phi) is 4.81. The van der Waals surface area contributed by atoms with Crippen LogP contribution < -0.4 is 5.32 Å². The van der Waals surface area contributed by atoms with E-state index in [2.05, 4.69) is 10.3 Å². The molecule has 1 N–H and O–H groups in total. The second-order valence-electron chi connectivity index (χ2n) is 4.30. The molecular weight excluding hydrogens is 290 g/mol. The van der Waals surface area contributed by atoms with Crippen LogP contribution in [0.5, 0.6) is 0 Å². The number of anilines is 1. The van der Waals surface area contributed by atoms with Crippen LogP contribution in [-0.2, 0) is 0 Å². The topological polar surface area (TPSA) is 113 Å². The highest BCUT2D eigenvalue weighted by molar-refractivity contribution is 6.11. The highest BCUT2D eigenvalue weighted by atomic mass is 16.1. The number of benzene rings is 1. The third kappa shape index (κ3) is 3.39. The van der Waals surface area contributed by atoms with Gasteiger partial charge < -0.3 is 5.32 Å². The van der Waals surface area contributed by atoms with E-state index in [9.17, 15) is 4.79 Å². The molecule has 6 heteroatoms. The van der Waals surface area contributed by atoms with Crippen molar-refractivity contribution in [1.29, 1.82) is 15.8 Å². The summed E-state index contributed by atoms with van der Waals surface area (Å²) in [6.45, 7) is 0. The second-order valence-corrected chi connectivity index (χ2v) is 4.30. The normalized spacial score (nSPS) is 8.91. The molecule has 0 unspecified atom stereocenters. The predicted octanol–water partition coefficient (Wildman–Crippen LogP) is 2.55. The average Bonchev–Trinajstić information content (AvgIpc) is 2.62. The number of carbonyl (C=O) groups excluding carboxylic acids is 1. The predicted molar refractivity (Wildman–Crippen MR) is 81.6 cm³/mol. The van der Waals surface area contributed by atoms with Gasteiger partial charge in [-0.1, -0.05) is 18.2 Å². The summed E-state index contributed by atoms with van der Waals surface area (Å²) < 4.78 is 0. The van der Waals surface area contributed by atoms with Gasteiger partial charge in [0, 0.05) is 11.8 Å². The standard InChI is InChI=1S/C17H9N5O/c18-9-12(10-19)16(11-20)22-14-6-2-1-5-13(14)17(23)15-7-3-4-8-21-15/h1-8,22H. The smallest absolute Gasteiger partial charge is 0.213 e. The lowest BCUT2D eigenvalue weighted by Crippen LogP contribution is -2.09. The van der Waals surface area contributed by atoms with Crippen LogP contribution in [-0.4, -0.2) is 10.8 Å². The van der Waals surface area contributed by atoms with Crippen molar-refractivity contribution in [1.82, 2.24) is 4.98 Å². The Hall–Kier alpha value is -3.95. The molecule has 2 aromatic rings. The van der Waals surface area contributed by atoms with Crippen LogP contribution in [0.1, 0.15) is 16.1 Å². The van der Waals surface area contributed by atoms with Gasteiger partial charge in [0.1, 0.15) is 29.6 Å². The fraction of sp³-hybridized carbons (Fsp3) is 0. The third-order valence-corrected chi connectivity index (χ3v) is 2.91.